The van der Waals surface area contributed by atoms with Gasteiger partial charge >= 0.3 is 0 Å². The van der Waals surface area contributed by atoms with Crippen molar-refractivity contribution >= 4 is 29.1 Å². The van der Waals surface area contributed by atoms with Crippen LogP contribution in [-0.2, 0) is 4.79 Å². The van der Waals surface area contributed by atoms with Crippen LogP contribution < -0.4 is 5.01 Å². The molecule has 1 atom stereocenters. The Morgan fingerprint density at radius 3 is 2.52 bits per heavy atom. The number of hydrogen-bond donors (Lipinski definition) is 0. The predicted octanol–water partition coefficient (Wildman–Crippen LogP) is 3.27. The molecule has 0 N–H and O–H groups in total. The SMILES string of the molecule is CC1=NN(c2ccccc2)C(=O)[C@H]1Sc1ccc(C)cn1. The van der Waals surface area contributed by atoms with Crippen LogP contribution in [0.3, 0.4) is 0 Å². The lowest BCUT2D eigenvalue weighted by atomic mass is 10.3. The van der Waals surface area contributed by atoms with Crippen molar-refractivity contribution in [1.29, 1.82) is 0 Å². The highest BCUT2D eigenvalue weighted by atomic mass is 32.2. The van der Waals surface area contributed by atoms with Gasteiger partial charge in [0, 0.05) is 6.20 Å². The molecule has 21 heavy (non-hydrogen) atoms. The second kappa shape index (κ2) is 5.69. The average molecular weight is 297 g/mol. The topological polar surface area (TPSA) is 45.6 Å². The van der Waals surface area contributed by atoms with Crippen LogP contribution in [0.15, 0.2) is 58.8 Å². The Balaban J connectivity index is 1.81. The molecule has 1 aliphatic rings. The number of pyridine rings is 1. The van der Waals surface area contributed by atoms with E-state index in [0.29, 0.717) is 0 Å². The number of hydrazone groups is 1. The number of thioether (sulfide) groups is 1. The molecule has 4 nitrogen and oxygen atoms in total. The minimum Gasteiger partial charge on any atom is -0.271 e. The number of aromatic nitrogens is 1. The van der Waals surface area contributed by atoms with Crippen LogP contribution in [-0.4, -0.2) is 21.9 Å². The van der Waals surface area contributed by atoms with E-state index in [1.165, 1.54) is 16.8 Å². The second-order valence-corrected chi connectivity index (χ2v) is 6.02. The van der Waals surface area contributed by atoms with Gasteiger partial charge in [0.25, 0.3) is 5.91 Å². The van der Waals surface area contributed by atoms with E-state index in [1.54, 1.807) is 0 Å². The summed E-state index contributed by atoms with van der Waals surface area (Å²) in [5.74, 6) is -0.0222. The van der Waals surface area contributed by atoms with E-state index < -0.39 is 0 Å². The number of carbonyl (C=O) groups is 1. The Morgan fingerprint density at radius 2 is 1.86 bits per heavy atom. The number of rotatable bonds is 3. The summed E-state index contributed by atoms with van der Waals surface area (Å²) in [6.07, 6.45) is 1.81. The summed E-state index contributed by atoms with van der Waals surface area (Å²) < 4.78 is 0. The monoisotopic (exact) mass is 297 g/mol. The Kier molecular flexibility index (Phi) is 3.75. The van der Waals surface area contributed by atoms with Gasteiger partial charge in [0.2, 0.25) is 0 Å². The molecule has 5 heteroatoms. The molecule has 0 fully saturated rings. The predicted molar refractivity (Wildman–Crippen MR) is 85.7 cm³/mol. The molecule has 1 amide bonds. The summed E-state index contributed by atoms with van der Waals surface area (Å²) in [4.78, 5) is 16.9. The second-order valence-electron chi connectivity index (χ2n) is 4.90. The summed E-state index contributed by atoms with van der Waals surface area (Å²) in [7, 11) is 0. The third-order valence-corrected chi connectivity index (χ3v) is 4.46. The molecule has 1 aromatic heterocycles. The highest BCUT2D eigenvalue weighted by molar-refractivity contribution is 8.01. The minimum atomic E-state index is -0.305. The highest BCUT2D eigenvalue weighted by Crippen LogP contribution is 2.30. The van der Waals surface area contributed by atoms with Gasteiger partial charge in [-0.05, 0) is 37.6 Å². The first-order chi connectivity index (χ1) is 10.1. The molecular formula is C16H15N3OS. The van der Waals surface area contributed by atoms with E-state index >= 15 is 0 Å². The van der Waals surface area contributed by atoms with Gasteiger partial charge in [0.1, 0.15) is 5.25 Å². The van der Waals surface area contributed by atoms with Crippen molar-refractivity contribution in [2.75, 3.05) is 5.01 Å². The summed E-state index contributed by atoms with van der Waals surface area (Å²) >= 11 is 1.44. The van der Waals surface area contributed by atoms with Crippen LogP contribution in [0.1, 0.15) is 12.5 Å². The molecule has 0 bridgehead atoms. The van der Waals surface area contributed by atoms with E-state index in [9.17, 15) is 4.79 Å². The van der Waals surface area contributed by atoms with E-state index in [0.717, 1.165) is 22.0 Å². The van der Waals surface area contributed by atoms with Gasteiger partial charge in [-0.2, -0.15) is 10.1 Å². The fraction of sp³-hybridized carbons (Fsp3) is 0.188. The number of nitrogens with zero attached hydrogens (tertiary/aromatic N) is 3. The van der Waals surface area contributed by atoms with E-state index in [4.69, 9.17) is 0 Å². The van der Waals surface area contributed by atoms with Crippen molar-refractivity contribution in [2.45, 2.75) is 24.1 Å². The van der Waals surface area contributed by atoms with Crippen LogP contribution in [0, 0.1) is 6.92 Å². The molecule has 0 spiro atoms. The summed E-state index contributed by atoms with van der Waals surface area (Å²) in [5, 5.41) is 6.39. The summed E-state index contributed by atoms with van der Waals surface area (Å²) in [6, 6.07) is 13.4. The summed E-state index contributed by atoms with van der Waals surface area (Å²) in [5.41, 5.74) is 2.70. The standard InChI is InChI=1S/C16H15N3OS/c1-11-8-9-14(17-10-11)21-15-12(2)18-19(16(15)20)13-6-4-3-5-7-13/h3-10,15H,1-2H3/t15-/m0/s1. The maximum Gasteiger partial charge on any atom is 0.266 e. The van der Waals surface area contributed by atoms with Gasteiger partial charge in [-0.15, -0.1) is 0 Å². The van der Waals surface area contributed by atoms with Gasteiger partial charge in [0.05, 0.1) is 16.4 Å². The third kappa shape index (κ3) is 2.83. The molecule has 2 aromatic rings. The largest absolute Gasteiger partial charge is 0.271 e. The lowest BCUT2D eigenvalue weighted by Gasteiger charge is -2.13. The number of anilines is 1. The number of aryl methyl sites for hydroxylation is 1. The van der Waals surface area contributed by atoms with Crippen LogP contribution >= 0.6 is 11.8 Å². The fourth-order valence-corrected chi connectivity index (χ4v) is 3.00. The molecule has 0 aliphatic carbocycles. The molecule has 0 saturated heterocycles. The molecule has 106 valence electrons. The quantitative estimate of drug-likeness (QED) is 0.873. The number of para-hydroxylation sites is 1. The molecule has 1 aliphatic heterocycles. The molecule has 0 unspecified atom stereocenters. The lowest BCUT2D eigenvalue weighted by molar-refractivity contribution is -0.116. The number of benzene rings is 1. The van der Waals surface area contributed by atoms with Gasteiger partial charge in [-0.25, -0.2) is 4.98 Å². The Labute approximate surface area is 127 Å². The molecule has 0 radical (unpaired) electrons. The van der Waals surface area contributed by atoms with Crippen LogP contribution in [0.5, 0.6) is 0 Å². The van der Waals surface area contributed by atoms with Crippen LogP contribution in [0.2, 0.25) is 0 Å². The smallest absolute Gasteiger partial charge is 0.266 e. The van der Waals surface area contributed by atoms with Crippen molar-refractivity contribution in [3.63, 3.8) is 0 Å². The Bertz CT molecular complexity index is 682. The van der Waals surface area contributed by atoms with Crippen molar-refractivity contribution in [3.05, 3.63) is 54.2 Å². The van der Waals surface area contributed by atoms with E-state index in [-0.39, 0.29) is 11.2 Å². The molecule has 2 heterocycles. The third-order valence-electron chi connectivity index (χ3n) is 3.19. The van der Waals surface area contributed by atoms with Crippen molar-refractivity contribution in [3.8, 4) is 0 Å². The lowest BCUT2D eigenvalue weighted by Crippen LogP contribution is -2.29. The Morgan fingerprint density at radius 1 is 1.10 bits per heavy atom. The van der Waals surface area contributed by atoms with Crippen molar-refractivity contribution < 1.29 is 4.79 Å². The van der Waals surface area contributed by atoms with Crippen molar-refractivity contribution in [2.24, 2.45) is 5.10 Å². The maximum absolute atomic E-state index is 12.6. The van der Waals surface area contributed by atoms with Gasteiger partial charge in [-0.1, -0.05) is 36.0 Å². The zero-order valence-corrected chi connectivity index (χ0v) is 12.7. The molecule has 0 saturated carbocycles. The first-order valence-corrected chi connectivity index (χ1v) is 7.56. The zero-order chi connectivity index (χ0) is 14.8. The minimum absolute atomic E-state index is 0.0222. The number of carbonyl (C=O) groups excluding carboxylic acids is 1. The number of hydrogen-bond acceptors (Lipinski definition) is 4. The zero-order valence-electron chi connectivity index (χ0n) is 11.9. The van der Waals surface area contributed by atoms with E-state index in [1.807, 2.05) is 62.5 Å². The van der Waals surface area contributed by atoms with Crippen LogP contribution in [0.25, 0.3) is 0 Å². The van der Waals surface area contributed by atoms with Gasteiger partial charge in [-0.3, -0.25) is 4.79 Å². The normalized spacial score (nSPS) is 18.0. The molecular weight excluding hydrogens is 282 g/mol. The Hall–Kier alpha value is -2.14. The average Bonchev–Trinajstić information content (AvgIpc) is 2.78. The molecule has 3 rings (SSSR count). The van der Waals surface area contributed by atoms with Crippen molar-refractivity contribution in [1.82, 2.24) is 4.98 Å². The molecule has 1 aromatic carbocycles. The fourth-order valence-electron chi connectivity index (χ4n) is 2.08. The number of amides is 1. The van der Waals surface area contributed by atoms with Crippen LogP contribution in [0.4, 0.5) is 5.69 Å². The first-order valence-electron chi connectivity index (χ1n) is 6.68. The first kappa shape index (κ1) is 13.8. The maximum atomic E-state index is 12.6. The summed E-state index contributed by atoms with van der Waals surface area (Å²) in [6.45, 7) is 3.87. The van der Waals surface area contributed by atoms with Gasteiger partial charge in [0.15, 0.2) is 0 Å². The highest BCUT2D eigenvalue weighted by Gasteiger charge is 2.35. The van der Waals surface area contributed by atoms with Gasteiger partial charge < -0.3 is 0 Å². The van der Waals surface area contributed by atoms with E-state index in [2.05, 4.69) is 10.1 Å².